The zero-order valence-electron chi connectivity index (χ0n) is 33.7. The van der Waals surface area contributed by atoms with Crippen molar-refractivity contribution in [1.82, 2.24) is 0 Å². The maximum atomic E-state index is 13.7. The maximum Gasteiger partial charge on any atom is 0.338 e. The summed E-state index contributed by atoms with van der Waals surface area (Å²) in [5, 5.41) is 161. The van der Waals surface area contributed by atoms with E-state index < -0.39 is 163 Å². The first kappa shape index (κ1) is 43.5. The molecule has 15 N–H and O–H groups in total. The van der Waals surface area contributed by atoms with Gasteiger partial charge in [-0.25, -0.2) is 9.59 Å². The summed E-state index contributed by atoms with van der Waals surface area (Å²) in [6, 6.07) is 8.96. The normalized spacial score (nSPS) is 17.4. The van der Waals surface area contributed by atoms with E-state index in [0.717, 1.165) is 60.7 Å². The van der Waals surface area contributed by atoms with Gasteiger partial charge in [0.2, 0.25) is 11.5 Å². The Balaban J connectivity index is 1.34. The molecule has 0 saturated heterocycles. The highest BCUT2D eigenvalue weighted by molar-refractivity contribution is 5.92. The van der Waals surface area contributed by atoms with Crippen molar-refractivity contribution in [3.05, 3.63) is 99.6 Å². The van der Waals surface area contributed by atoms with Gasteiger partial charge in [0.25, 0.3) is 0 Å². The van der Waals surface area contributed by atoms with Crippen LogP contribution in [0, 0.1) is 6.92 Å². The number of benzene rings is 6. The minimum Gasteiger partial charge on any atom is -0.508 e. The van der Waals surface area contributed by atoms with Crippen molar-refractivity contribution < 1.29 is 105 Å². The Labute approximate surface area is 369 Å². The minimum absolute atomic E-state index is 0.0199. The lowest BCUT2D eigenvalue weighted by atomic mass is 9.83. The first-order valence-corrected chi connectivity index (χ1v) is 19.3. The largest absolute Gasteiger partial charge is 0.508 e. The van der Waals surface area contributed by atoms with Crippen molar-refractivity contribution >= 4 is 11.9 Å². The molecule has 342 valence electrons. The summed E-state index contributed by atoms with van der Waals surface area (Å²) < 4.78 is 24.0. The van der Waals surface area contributed by atoms with Crippen molar-refractivity contribution in [3.63, 3.8) is 0 Å². The smallest absolute Gasteiger partial charge is 0.338 e. The average Bonchev–Trinajstić information content (AvgIpc) is 3.25. The first-order valence-electron chi connectivity index (χ1n) is 19.3. The molecular formula is C45H36O21. The number of phenolic OH excluding ortho intramolecular Hbond substituents is 15. The number of rotatable bonds is 7. The second kappa shape index (κ2) is 15.9. The molecule has 0 amide bonds. The van der Waals surface area contributed by atoms with Gasteiger partial charge in [-0.05, 0) is 43.3 Å². The average molecular weight is 913 g/mol. The molecule has 8 rings (SSSR count). The van der Waals surface area contributed by atoms with Crippen molar-refractivity contribution in [2.24, 2.45) is 0 Å². The lowest BCUT2D eigenvalue weighted by Gasteiger charge is -2.37. The monoisotopic (exact) mass is 912 g/mol. The Hall–Kier alpha value is -9.14. The summed E-state index contributed by atoms with van der Waals surface area (Å²) >= 11 is 0. The van der Waals surface area contributed by atoms with Gasteiger partial charge in [0.05, 0.1) is 11.1 Å². The minimum atomic E-state index is -1.85. The highest BCUT2D eigenvalue weighted by atomic mass is 16.6. The Bertz CT molecular complexity index is 2780. The van der Waals surface area contributed by atoms with E-state index in [-0.39, 0.29) is 33.8 Å². The van der Waals surface area contributed by atoms with Crippen LogP contribution in [0.15, 0.2) is 60.7 Å². The lowest BCUT2D eigenvalue weighted by Crippen LogP contribution is -2.36. The van der Waals surface area contributed by atoms with Gasteiger partial charge < -0.3 is 95.5 Å². The van der Waals surface area contributed by atoms with E-state index in [9.17, 15) is 86.2 Å². The Morgan fingerprint density at radius 1 is 0.439 bits per heavy atom. The predicted molar refractivity (Wildman–Crippen MR) is 220 cm³/mol. The summed E-state index contributed by atoms with van der Waals surface area (Å²) in [7, 11) is 0. The standard InChI is InChI=1S/C45H36O21/c1-14-23(48)2-15(3-24(14)49)44(61)65-33-12-19-25(50)6-17(46)8-31(19)63-42(33)21-10-29(54)38(57)40(59)35(21)36-22(11-30(55)39(58)41(36)60)43-34(13-20-26(51)7-18(47)9-32(20)64-43)66-45(62)16-4-27(52)37(56)28(53)5-16/h2-11,33-34,42-43,46-60H,12-13H2,1H3. The number of fused-ring (bicyclic) bond motifs is 2. The molecule has 66 heavy (non-hydrogen) atoms. The molecule has 2 heterocycles. The quantitative estimate of drug-likeness (QED) is 0.0735. The van der Waals surface area contributed by atoms with Gasteiger partial charge in [-0.2, -0.15) is 0 Å². The van der Waals surface area contributed by atoms with Gasteiger partial charge >= 0.3 is 11.9 Å². The fourth-order valence-electron chi connectivity index (χ4n) is 7.87. The van der Waals surface area contributed by atoms with Gasteiger partial charge in [0, 0.05) is 76.1 Å². The fourth-order valence-corrected chi connectivity index (χ4v) is 7.87. The van der Waals surface area contributed by atoms with E-state index in [0.29, 0.717) is 0 Å². The second-order valence-electron chi connectivity index (χ2n) is 15.4. The summed E-state index contributed by atoms with van der Waals surface area (Å²) in [6.45, 7) is 1.36. The van der Waals surface area contributed by atoms with Crippen LogP contribution < -0.4 is 9.47 Å². The Morgan fingerprint density at radius 2 is 0.788 bits per heavy atom. The van der Waals surface area contributed by atoms with Crippen molar-refractivity contribution in [3.8, 4) is 109 Å². The van der Waals surface area contributed by atoms with Crippen LogP contribution in [-0.4, -0.2) is 101 Å². The molecule has 6 aromatic carbocycles. The summed E-state index contributed by atoms with van der Waals surface area (Å²) in [5.74, 6) is -16.2. The number of carbonyl (C=O) groups is 2. The number of phenols is 15. The number of aromatic hydroxyl groups is 15. The number of hydrogen-bond acceptors (Lipinski definition) is 21. The van der Waals surface area contributed by atoms with E-state index in [1.165, 1.54) is 6.92 Å². The van der Waals surface area contributed by atoms with Gasteiger partial charge in [0.15, 0.2) is 52.5 Å². The van der Waals surface area contributed by atoms with Gasteiger partial charge in [-0.1, -0.05) is 0 Å². The molecule has 0 aliphatic carbocycles. The molecular weight excluding hydrogens is 876 g/mol. The van der Waals surface area contributed by atoms with Crippen LogP contribution in [0.4, 0.5) is 0 Å². The van der Waals surface area contributed by atoms with Crippen LogP contribution in [0.25, 0.3) is 11.1 Å². The highest BCUT2D eigenvalue weighted by Gasteiger charge is 2.44. The molecule has 4 unspecified atom stereocenters. The SMILES string of the molecule is Cc1c(O)cc(C(=O)OC2Cc3c(O)cc(O)cc3OC2c2cc(O)c(O)c(O)c2-c2c(C3Oc4cc(O)cc(O)c4CC3OC(=O)c3cc(O)c(O)c(O)c3)cc(O)c(O)c2O)cc1O. The third-order valence-corrected chi connectivity index (χ3v) is 11.2. The van der Waals surface area contributed by atoms with Crippen molar-refractivity contribution in [2.45, 2.75) is 44.2 Å². The third-order valence-electron chi connectivity index (χ3n) is 11.2. The molecule has 2 aliphatic heterocycles. The molecule has 0 fully saturated rings. The Kier molecular flexibility index (Phi) is 10.5. The molecule has 2 aliphatic rings. The van der Waals surface area contributed by atoms with E-state index >= 15 is 0 Å². The first-order chi connectivity index (χ1) is 31.1. The molecule has 0 bridgehead atoms. The van der Waals surface area contributed by atoms with Gasteiger partial charge in [-0.3, -0.25) is 0 Å². The van der Waals surface area contributed by atoms with Crippen LogP contribution in [0.1, 0.15) is 60.7 Å². The molecule has 4 atom stereocenters. The van der Waals surface area contributed by atoms with E-state index in [2.05, 4.69) is 0 Å². The maximum absolute atomic E-state index is 13.7. The number of ether oxygens (including phenoxy) is 4. The summed E-state index contributed by atoms with van der Waals surface area (Å²) in [5.41, 5.74) is -3.56. The summed E-state index contributed by atoms with van der Waals surface area (Å²) in [4.78, 5) is 27.4. The predicted octanol–water partition coefficient (Wildman–Crippen LogP) is 5.05. The van der Waals surface area contributed by atoms with Gasteiger partial charge in [0.1, 0.15) is 58.2 Å². The van der Waals surface area contributed by atoms with Crippen molar-refractivity contribution in [1.29, 1.82) is 0 Å². The van der Waals surface area contributed by atoms with Crippen LogP contribution in [0.5, 0.6) is 97.7 Å². The number of hydrogen-bond donors (Lipinski definition) is 15. The van der Waals surface area contributed by atoms with Crippen LogP contribution in [-0.2, 0) is 22.3 Å². The van der Waals surface area contributed by atoms with E-state index in [1.807, 2.05) is 0 Å². The topological polar surface area (TPSA) is 375 Å². The molecule has 0 spiro atoms. The van der Waals surface area contributed by atoms with Gasteiger partial charge in [-0.15, -0.1) is 0 Å². The van der Waals surface area contributed by atoms with Crippen molar-refractivity contribution in [2.75, 3.05) is 0 Å². The summed E-state index contributed by atoms with van der Waals surface area (Å²) in [6.07, 6.45) is -8.03. The molecule has 6 aromatic rings. The zero-order valence-corrected chi connectivity index (χ0v) is 33.7. The van der Waals surface area contributed by atoms with Crippen LogP contribution in [0.2, 0.25) is 0 Å². The van der Waals surface area contributed by atoms with E-state index in [1.54, 1.807) is 0 Å². The number of esters is 2. The molecule has 0 saturated carbocycles. The lowest BCUT2D eigenvalue weighted by molar-refractivity contribution is -0.0196. The Morgan fingerprint density at radius 3 is 1.17 bits per heavy atom. The number of carbonyl (C=O) groups excluding carboxylic acids is 2. The molecule has 0 radical (unpaired) electrons. The molecule has 0 aromatic heterocycles. The van der Waals surface area contributed by atoms with E-state index in [4.69, 9.17) is 18.9 Å². The van der Waals surface area contributed by atoms with Crippen LogP contribution >= 0.6 is 0 Å². The molecule has 21 heteroatoms. The third kappa shape index (κ3) is 7.38. The molecule has 21 nitrogen and oxygen atoms in total. The highest BCUT2D eigenvalue weighted by Crippen LogP contribution is 2.58. The fraction of sp³-hybridized carbons (Fsp3) is 0.156. The van der Waals surface area contributed by atoms with Crippen LogP contribution in [0.3, 0.4) is 0 Å². The second-order valence-corrected chi connectivity index (χ2v) is 15.4. The zero-order chi connectivity index (χ0) is 47.8.